The van der Waals surface area contributed by atoms with Crippen LogP contribution in [0.3, 0.4) is 0 Å². The molecule has 1 amide bonds. The molecule has 0 aliphatic heterocycles. The molecule has 2 unspecified atom stereocenters. The van der Waals surface area contributed by atoms with Crippen molar-refractivity contribution in [2.45, 2.75) is 57.1 Å². The average molecular weight is 240 g/mol. The van der Waals surface area contributed by atoms with Crippen molar-refractivity contribution in [3.05, 3.63) is 0 Å². The van der Waals surface area contributed by atoms with E-state index in [4.69, 9.17) is 10.5 Å². The molecule has 0 aromatic heterocycles. The molecule has 0 aromatic carbocycles. The summed E-state index contributed by atoms with van der Waals surface area (Å²) in [6.07, 6.45) is 6.48. The summed E-state index contributed by atoms with van der Waals surface area (Å²) >= 11 is 0. The molecular formula is C13H24N2O2. The van der Waals surface area contributed by atoms with Crippen molar-refractivity contribution in [1.29, 1.82) is 0 Å². The molecule has 2 fully saturated rings. The summed E-state index contributed by atoms with van der Waals surface area (Å²) in [5.74, 6) is 0.554. The maximum absolute atomic E-state index is 11.7. The van der Waals surface area contributed by atoms with E-state index in [0.29, 0.717) is 0 Å². The standard InChI is InChI=1S/C13H24N2O2/c1-2-15-13(12(14)16)7-3-4-11(8-13)17-9-10-5-6-10/h10-11,15H,2-9H2,1H3,(H2,14,16). The lowest BCUT2D eigenvalue weighted by Crippen LogP contribution is -2.58. The monoisotopic (exact) mass is 240 g/mol. The number of amides is 1. The maximum atomic E-state index is 11.7. The van der Waals surface area contributed by atoms with Gasteiger partial charge >= 0.3 is 0 Å². The zero-order chi connectivity index (χ0) is 12.3. The van der Waals surface area contributed by atoms with Gasteiger partial charge in [0.05, 0.1) is 6.10 Å². The fourth-order valence-corrected chi connectivity index (χ4v) is 2.73. The second-order valence-electron chi connectivity index (χ2n) is 5.47. The van der Waals surface area contributed by atoms with Gasteiger partial charge in [0.25, 0.3) is 0 Å². The van der Waals surface area contributed by atoms with Crippen LogP contribution in [-0.4, -0.2) is 30.7 Å². The van der Waals surface area contributed by atoms with Gasteiger partial charge in [-0.25, -0.2) is 0 Å². The van der Waals surface area contributed by atoms with Crippen LogP contribution in [0.25, 0.3) is 0 Å². The van der Waals surface area contributed by atoms with Crippen LogP contribution in [0.5, 0.6) is 0 Å². The van der Waals surface area contributed by atoms with E-state index in [1.807, 2.05) is 6.92 Å². The Morgan fingerprint density at radius 3 is 2.82 bits per heavy atom. The van der Waals surface area contributed by atoms with Gasteiger partial charge < -0.3 is 15.8 Å². The molecule has 2 aliphatic carbocycles. The largest absolute Gasteiger partial charge is 0.378 e. The molecule has 2 saturated carbocycles. The third-order valence-corrected chi connectivity index (χ3v) is 3.96. The summed E-state index contributed by atoms with van der Waals surface area (Å²) in [7, 11) is 0. The third-order valence-electron chi connectivity index (χ3n) is 3.96. The first-order valence-corrected chi connectivity index (χ1v) is 6.83. The number of hydrogen-bond donors (Lipinski definition) is 2. The number of primary amides is 1. The summed E-state index contributed by atoms with van der Waals surface area (Å²) in [5, 5.41) is 3.28. The number of nitrogens with one attached hydrogen (secondary N) is 1. The fraction of sp³-hybridized carbons (Fsp3) is 0.923. The first kappa shape index (κ1) is 12.8. The lowest BCUT2D eigenvalue weighted by molar-refractivity contribution is -0.128. The molecule has 4 nitrogen and oxygen atoms in total. The van der Waals surface area contributed by atoms with E-state index in [1.54, 1.807) is 0 Å². The molecule has 0 spiro atoms. The highest BCUT2D eigenvalue weighted by molar-refractivity contribution is 5.84. The van der Waals surface area contributed by atoms with Gasteiger partial charge in [0.2, 0.25) is 5.91 Å². The summed E-state index contributed by atoms with van der Waals surface area (Å²) in [6, 6.07) is 0. The van der Waals surface area contributed by atoms with E-state index in [0.717, 1.165) is 44.8 Å². The Kier molecular flexibility index (Phi) is 4.05. The topological polar surface area (TPSA) is 64.3 Å². The van der Waals surface area contributed by atoms with Crippen molar-refractivity contribution in [2.75, 3.05) is 13.2 Å². The number of hydrogen-bond acceptors (Lipinski definition) is 3. The van der Waals surface area contributed by atoms with Crippen LogP contribution in [0.2, 0.25) is 0 Å². The molecule has 0 bridgehead atoms. The smallest absolute Gasteiger partial charge is 0.237 e. The van der Waals surface area contributed by atoms with Crippen molar-refractivity contribution >= 4 is 5.91 Å². The lowest BCUT2D eigenvalue weighted by atomic mass is 9.79. The summed E-state index contributed by atoms with van der Waals surface area (Å²) in [5.41, 5.74) is 5.04. The number of carbonyl (C=O) groups excluding carboxylic acids is 1. The van der Waals surface area contributed by atoms with Gasteiger partial charge in [-0.2, -0.15) is 0 Å². The molecule has 0 saturated heterocycles. The number of carbonyl (C=O) groups is 1. The van der Waals surface area contributed by atoms with Crippen LogP contribution in [-0.2, 0) is 9.53 Å². The SMILES string of the molecule is CCNC1(C(N)=O)CCCC(OCC2CC2)C1. The van der Waals surface area contributed by atoms with E-state index in [1.165, 1.54) is 12.8 Å². The minimum atomic E-state index is -0.527. The van der Waals surface area contributed by atoms with Crippen molar-refractivity contribution < 1.29 is 9.53 Å². The van der Waals surface area contributed by atoms with Crippen LogP contribution in [0.1, 0.15) is 45.4 Å². The first-order chi connectivity index (χ1) is 8.16. The third kappa shape index (κ3) is 3.19. The Labute approximate surface area is 103 Å². The van der Waals surface area contributed by atoms with Gasteiger partial charge in [-0.15, -0.1) is 0 Å². The molecule has 3 N–H and O–H groups in total. The highest BCUT2D eigenvalue weighted by Gasteiger charge is 2.41. The highest BCUT2D eigenvalue weighted by atomic mass is 16.5. The Balaban J connectivity index is 1.89. The van der Waals surface area contributed by atoms with Crippen LogP contribution < -0.4 is 11.1 Å². The zero-order valence-electron chi connectivity index (χ0n) is 10.7. The molecule has 2 aliphatic rings. The zero-order valence-corrected chi connectivity index (χ0v) is 10.7. The van der Waals surface area contributed by atoms with Crippen molar-refractivity contribution in [1.82, 2.24) is 5.32 Å². The van der Waals surface area contributed by atoms with Gasteiger partial charge in [0.15, 0.2) is 0 Å². The number of rotatable bonds is 6. The molecule has 98 valence electrons. The van der Waals surface area contributed by atoms with Crippen LogP contribution in [0.4, 0.5) is 0 Å². The van der Waals surface area contributed by atoms with Crippen LogP contribution in [0, 0.1) is 5.92 Å². The van der Waals surface area contributed by atoms with Gasteiger partial charge in [-0.05, 0) is 44.6 Å². The number of ether oxygens (including phenoxy) is 1. The second kappa shape index (κ2) is 5.36. The summed E-state index contributed by atoms with van der Waals surface area (Å²) in [4.78, 5) is 11.7. The van der Waals surface area contributed by atoms with Gasteiger partial charge in [-0.3, -0.25) is 4.79 Å². The van der Waals surface area contributed by atoms with Crippen molar-refractivity contribution in [3.8, 4) is 0 Å². The van der Waals surface area contributed by atoms with Crippen molar-refractivity contribution in [3.63, 3.8) is 0 Å². The van der Waals surface area contributed by atoms with Gasteiger partial charge in [-0.1, -0.05) is 6.92 Å². The molecule has 2 rings (SSSR count). The molecule has 0 aromatic rings. The van der Waals surface area contributed by atoms with E-state index >= 15 is 0 Å². The predicted molar refractivity (Wildman–Crippen MR) is 66.5 cm³/mol. The Morgan fingerprint density at radius 2 is 2.24 bits per heavy atom. The van der Waals surface area contributed by atoms with E-state index in [9.17, 15) is 4.79 Å². The Morgan fingerprint density at radius 1 is 1.47 bits per heavy atom. The minimum Gasteiger partial charge on any atom is -0.378 e. The first-order valence-electron chi connectivity index (χ1n) is 6.83. The summed E-state index contributed by atoms with van der Waals surface area (Å²) in [6.45, 7) is 3.66. The molecular weight excluding hydrogens is 216 g/mol. The Hall–Kier alpha value is -0.610. The average Bonchev–Trinajstić information content (AvgIpc) is 3.11. The maximum Gasteiger partial charge on any atom is 0.237 e. The molecule has 0 heterocycles. The van der Waals surface area contributed by atoms with E-state index in [2.05, 4.69) is 5.32 Å². The quantitative estimate of drug-likeness (QED) is 0.733. The Bertz CT molecular complexity index is 275. The molecule has 17 heavy (non-hydrogen) atoms. The predicted octanol–water partition coefficient (Wildman–Crippen LogP) is 1.19. The normalized spacial score (nSPS) is 33.6. The minimum absolute atomic E-state index is 0.205. The number of likely N-dealkylation sites (N-methyl/N-ethyl adjacent to an activating group) is 1. The number of nitrogens with two attached hydrogens (primary N) is 1. The lowest BCUT2D eigenvalue weighted by Gasteiger charge is -2.39. The molecule has 0 radical (unpaired) electrons. The summed E-state index contributed by atoms with van der Waals surface area (Å²) < 4.78 is 5.91. The second-order valence-corrected chi connectivity index (χ2v) is 5.47. The molecule has 4 heteroatoms. The van der Waals surface area contributed by atoms with Crippen LogP contribution in [0.15, 0.2) is 0 Å². The van der Waals surface area contributed by atoms with Gasteiger partial charge in [0, 0.05) is 13.0 Å². The van der Waals surface area contributed by atoms with E-state index < -0.39 is 5.54 Å². The molecule has 2 atom stereocenters. The fourth-order valence-electron chi connectivity index (χ4n) is 2.73. The highest BCUT2D eigenvalue weighted by Crippen LogP contribution is 2.33. The van der Waals surface area contributed by atoms with E-state index in [-0.39, 0.29) is 12.0 Å². The van der Waals surface area contributed by atoms with Gasteiger partial charge in [0.1, 0.15) is 5.54 Å². The van der Waals surface area contributed by atoms with Crippen LogP contribution >= 0.6 is 0 Å². The van der Waals surface area contributed by atoms with Crippen molar-refractivity contribution in [2.24, 2.45) is 11.7 Å².